The van der Waals surface area contributed by atoms with Gasteiger partial charge in [0, 0.05) is 23.8 Å². The van der Waals surface area contributed by atoms with E-state index >= 15 is 0 Å². The van der Waals surface area contributed by atoms with Crippen molar-refractivity contribution in [3.63, 3.8) is 0 Å². The molecule has 1 aliphatic carbocycles. The molecule has 2 N–H and O–H groups in total. The van der Waals surface area contributed by atoms with Gasteiger partial charge >= 0.3 is 0 Å². The van der Waals surface area contributed by atoms with Crippen LogP contribution in [0.5, 0.6) is 0 Å². The van der Waals surface area contributed by atoms with Gasteiger partial charge in [-0.25, -0.2) is 0 Å². The summed E-state index contributed by atoms with van der Waals surface area (Å²) in [6.07, 6.45) is 3.44. The van der Waals surface area contributed by atoms with Gasteiger partial charge in [0.2, 0.25) is 0 Å². The van der Waals surface area contributed by atoms with Gasteiger partial charge in [-0.15, -0.1) is 0 Å². The van der Waals surface area contributed by atoms with Crippen molar-refractivity contribution in [2.45, 2.75) is 58.0 Å². The number of rotatable bonds is 3. The second kappa shape index (κ2) is 5.99. The van der Waals surface area contributed by atoms with Gasteiger partial charge in [0.1, 0.15) is 0 Å². The summed E-state index contributed by atoms with van der Waals surface area (Å²) >= 11 is 0. The lowest BCUT2D eigenvalue weighted by Crippen LogP contribution is -2.26. The van der Waals surface area contributed by atoms with E-state index in [9.17, 15) is 4.79 Å². The first kappa shape index (κ1) is 16.3. The summed E-state index contributed by atoms with van der Waals surface area (Å²) in [5, 5.41) is 11.0. The second-order valence-corrected chi connectivity index (χ2v) is 8.18. The van der Waals surface area contributed by atoms with Crippen LogP contribution in [0.25, 0.3) is 0 Å². The van der Waals surface area contributed by atoms with E-state index in [1.165, 1.54) is 29.7 Å². The molecule has 0 atom stereocenters. The Balaban J connectivity index is 1.57. The van der Waals surface area contributed by atoms with Gasteiger partial charge in [-0.2, -0.15) is 5.10 Å². The third-order valence-corrected chi connectivity index (χ3v) is 4.95. The van der Waals surface area contributed by atoms with Crippen LogP contribution in [0.2, 0.25) is 0 Å². The summed E-state index contributed by atoms with van der Waals surface area (Å²) in [5.41, 5.74) is 5.05. The predicted molar refractivity (Wildman–Crippen MR) is 99.0 cm³/mol. The number of fused-ring (bicyclic) bond motifs is 1. The highest BCUT2D eigenvalue weighted by molar-refractivity contribution is 6.03. The number of hydrogen-bond donors (Lipinski definition) is 2. The molecule has 1 fully saturated rings. The Kier molecular flexibility index (Phi) is 3.91. The predicted octanol–water partition coefficient (Wildman–Crippen LogP) is 3.41. The summed E-state index contributed by atoms with van der Waals surface area (Å²) < 4.78 is 2.02. The molecule has 0 bridgehead atoms. The Labute approximate surface area is 148 Å². The average Bonchev–Trinajstić information content (AvgIpc) is 3.31. The molecule has 1 aromatic carbocycles. The lowest BCUT2D eigenvalue weighted by Gasteiger charge is -2.22. The van der Waals surface area contributed by atoms with Crippen LogP contribution in [0.15, 0.2) is 24.3 Å². The Hall–Kier alpha value is -2.14. The van der Waals surface area contributed by atoms with Crippen LogP contribution in [-0.2, 0) is 18.5 Å². The minimum atomic E-state index is -0.131. The first-order valence-corrected chi connectivity index (χ1v) is 9.16. The smallest absolute Gasteiger partial charge is 0.276 e. The Bertz CT molecular complexity index is 812. The molecule has 132 valence electrons. The molecule has 25 heavy (non-hydrogen) atoms. The SMILES string of the molecule is CC(C)(C)n1nc(C(=O)Nc2ccc3c(c2)CNCC3)cc1C1CC1. The number of aromatic nitrogens is 2. The van der Waals surface area contributed by atoms with Gasteiger partial charge in [0.15, 0.2) is 5.69 Å². The number of nitrogens with one attached hydrogen (secondary N) is 2. The van der Waals surface area contributed by atoms with E-state index in [-0.39, 0.29) is 11.4 Å². The molecule has 1 amide bonds. The van der Waals surface area contributed by atoms with Crippen molar-refractivity contribution in [1.82, 2.24) is 15.1 Å². The molecule has 2 aromatic rings. The number of nitrogens with zero attached hydrogens (tertiary/aromatic N) is 2. The summed E-state index contributed by atoms with van der Waals surface area (Å²) in [6, 6.07) is 8.15. The molecule has 2 aliphatic rings. The van der Waals surface area contributed by atoms with Crippen LogP contribution in [0.1, 0.15) is 66.8 Å². The molecular formula is C20H26N4O. The zero-order valence-corrected chi connectivity index (χ0v) is 15.2. The zero-order chi connectivity index (χ0) is 17.6. The van der Waals surface area contributed by atoms with Crippen LogP contribution in [0.4, 0.5) is 5.69 Å². The van der Waals surface area contributed by atoms with Crippen LogP contribution < -0.4 is 10.6 Å². The fraction of sp³-hybridized carbons (Fsp3) is 0.500. The van der Waals surface area contributed by atoms with E-state index < -0.39 is 0 Å². The van der Waals surface area contributed by atoms with E-state index in [0.717, 1.165) is 25.2 Å². The number of amides is 1. The maximum Gasteiger partial charge on any atom is 0.276 e. The molecule has 5 nitrogen and oxygen atoms in total. The third-order valence-electron chi connectivity index (χ3n) is 4.95. The van der Waals surface area contributed by atoms with E-state index in [4.69, 9.17) is 0 Å². The Morgan fingerprint density at radius 3 is 2.76 bits per heavy atom. The average molecular weight is 338 g/mol. The number of benzene rings is 1. The van der Waals surface area contributed by atoms with Gasteiger partial charge in [-0.3, -0.25) is 9.48 Å². The van der Waals surface area contributed by atoms with Crippen LogP contribution in [-0.4, -0.2) is 22.2 Å². The third kappa shape index (κ3) is 3.33. The maximum atomic E-state index is 12.7. The number of anilines is 1. The lowest BCUT2D eigenvalue weighted by molar-refractivity contribution is 0.102. The normalized spacial score (nSPS) is 17.2. The molecule has 0 unspecified atom stereocenters. The minimum Gasteiger partial charge on any atom is -0.321 e. The van der Waals surface area contributed by atoms with Crippen molar-refractivity contribution in [3.05, 3.63) is 46.8 Å². The highest BCUT2D eigenvalue weighted by Gasteiger charge is 2.32. The van der Waals surface area contributed by atoms with Crippen LogP contribution in [0, 0.1) is 0 Å². The van der Waals surface area contributed by atoms with E-state index in [1.54, 1.807) is 0 Å². The molecule has 2 heterocycles. The monoisotopic (exact) mass is 338 g/mol. The highest BCUT2D eigenvalue weighted by Crippen LogP contribution is 2.41. The zero-order valence-electron chi connectivity index (χ0n) is 15.2. The fourth-order valence-electron chi connectivity index (χ4n) is 3.47. The Morgan fingerprint density at radius 1 is 1.24 bits per heavy atom. The van der Waals surface area contributed by atoms with Gasteiger partial charge in [-0.05, 0) is 75.9 Å². The first-order chi connectivity index (χ1) is 11.9. The summed E-state index contributed by atoms with van der Waals surface area (Å²) in [6.45, 7) is 8.27. The van der Waals surface area contributed by atoms with Crippen LogP contribution >= 0.6 is 0 Å². The highest BCUT2D eigenvalue weighted by atomic mass is 16.2. The van der Waals surface area contributed by atoms with Crippen molar-refractivity contribution in [3.8, 4) is 0 Å². The second-order valence-electron chi connectivity index (χ2n) is 8.18. The first-order valence-electron chi connectivity index (χ1n) is 9.16. The molecule has 0 radical (unpaired) electrons. The lowest BCUT2D eigenvalue weighted by atomic mass is 10.0. The van der Waals surface area contributed by atoms with Crippen molar-refractivity contribution >= 4 is 11.6 Å². The van der Waals surface area contributed by atoms with E-state index in [2.05, 4.69) is 48.6 Å². The molecule has 1 saturated carbocycles. The number of hydrogen-bond acceptors (Lipinski definition) is 3. The maximum absolute atomic E-state index is 12.7. The number of carbonyl (C=O) groups excluding carboxylic acids is 1. The Morgan fingerprint density at radius 2 is 2.04 bits per heavy atom. The van der Waals surface area contributed by atoms with Crippen molar-refractivity contribution in [2.75, 3.05) is 11.9 Å². The molecule has 0 spiro atoms. The molecule has 1 aromatic heterocycles. The van der Waals surface area contributed by atoms with Gasteiger partial charge in [0.05, 0.1) is 5.54 Å². The molecular weight excluding hydrogens is 312 g/mol. The minimum absolute atomic E-state index is 0.117. The van der Waals surface area contributed by atoms with E-state index in [0.29, 0.717) is 11.6 Å². The molecule has 1 aliphatic heterocycles. The van der Waals surface area contributed by atoms with E-state index in [1.807, 2.05) is 16.8 Å². The van der Waals surface area contributed by atoms with Crippen molar-refractivity contribution < 1.29 is 4.79 Å². The van der Waals surface area contributed by atoms with Crippen LogP contribution in [0.3, 0.4) is 0 Å². The van der Waals surface area contributed by atoms with Gasteiger partial charge in [-0.1, -0.05) is 6.07 Å². The van der Waals surface area contributed by atoms with Crippen molar-refractivity contribution in [1.29, 1.82) is 0 Å². The van der Waals surface area contributed by atoms with Gasteiger partial charge < -0.3 is 10.6 Å². The standard InChI is InChI=1S/C20H26N4O/c1-20(2,3)24-18(14-4-5-14)11-17(23-24)19(25)22-16-7-6-13-8-9-21-12-15(13)10-16/h6-7,10-11,14,21H,4-5,8-9,12H2,1-3H3,(H,22,25). The quantitative estimate of drug-likeness (QED) is 0.901. The van der Waals surface area contributed by atoms with Crippen molar-refractivity contribution in [2.24, 2.45) is 0 Å². The summed E-state index contributed by atoms with van der Waals surface area (Å²) in [7, 11) is 0. The molecule has 4 rings (SSSR count). The largest absolute Gasteiger partial charge is 0.321 e. The summed E-state index contributed by atoms with van der Waals surface area (Å²) in [5.74, 6) is 0.428. The fourth-order valence-corrected chi connectivity index (χ4v) is 3.47. The van der Waals surface area contributed by atoms with Gasteiger partial charge in [0.25, 0.3) is 5.91 Å². The topological polar surface area (TPSA) is 59.0 Å². The summed E-state index contributed by atoms with van der Waals surface area (Å²) in [4.78, 5) is 12.7. The molecule has 0 saturated heterocycles. The number of carbonyl (C=O) groups is 1. The molecule has 5 heteroatoms.